The molecule has 0 aromatic carbocycles. The Balaban J connectivity index is 2.16. The molecule has 0 fully saturated rings. The highest BCUT2D eigenvalue weighted by atomic mass is 15.4. The maximum Gasteiger partial charge on any atom is 0.101 e. The van der Waals surface area contributed by atoms with Crippen LogP contribution >= 0.6 is 0 Å². The van der Waals surface area contributed by atoms with E-state index in [9.17, 15) is 0 Å². The summed E-state index contributed by atoms with van der Waals surface area (Å²) >= 11 is 0. The van der Waals surface area contributed by atoms with Crippen LogP contribution in [0.25, 0.3) is 0 Å². The number of hydrogen-bond acceptors (Lipinski definition) is 2. The average Bonchev–Trinajstić information content (AvgIpc) is 3.37. The van der Waals surface area contributed by atoms with E-state index < -0.39 is 0 Å². The molecule has 2 heteroatoms. The fourth-order valence-corrected chi connectivity index (χ4v) is 6.72. The molecule has 0 aromatic rings. The molecule has 41 heavy (non-hydrogen) atoms. The maximum atomic E-state index is 2.71. The van der Waals surface area contributed by atoms with Crippen LogP contribution in [0.3, 0.4) is 0 Å². The van der Waals surface area contributed by atoms with Crippen molar-refractivity contribution in [3.05, 3.63) is 12.4 Å². The van der Waals surface area contributed by atoms with Crippen molar-refractivity contribution in [1.82, 2.24) is 9.80 Å². The third-order valence-corrected chi connectivity index (χ3v) is 9.57. The fourth-order valence-electron chi connectivity index (χ4n) is 6.72. The van der Waals surface area contributed by atoms with E-state index in [1.165, 1.54) is 212 Å². The summed E-state index contributed by atoms with van der Waals surface area (Å²) in [6, 6.07) is 0. The predicted molar refractivity (Wildman–Crippen MR) is 186 cm³/mol. The number of nitrogens with zero attached hydrogens (tertiary/aromatic N) is 2. The van der Waals surface area contributed by atoms with Crippen molar-refractivity contribution < 1.29 is 0 Å². The lowest BCUT2D eigenvalue weighted by atomic mass is 10.0. The van der Waals surface area contributed by atoms with Gasteiger partial charge in [-0.05, 0) is 25.7 Å². The second-order valence-corrected chi connectivity index (χ2v) is 13.6. The van der Waals surface area contributed by atoms with E-state index in [1.54, 1.807) is 0 Å². The van der Waals surface area contributed by atoms with Crippen molar-refractivity contribution in [2.24, 2.45) is 0 Å². The van der Waals surface area contributed by atoms with Crippen molar-refractivity contribution in [3.63, 3.8) is 0 Å². The molecule has 0 bridgehead atoms. The molecule has 0 saturated heterocycles. The van der Waals surface area contributed by atoms with E-state index in [-0.39, 0.29) is 0 Å². The minimum Gasteiger partial charge on any atom is -0.356 e. The van der Waals surface area contributed by atoms with Crippen molar-refractivity contribution in [1.29, 1.82) is 0 Å². The van der Waals surface area contributed by atoms with Crippen LogP contribution in [-0.2, 0) is 0 Å². The Bertz CT molecular complexity index is 530. The van der Waals surface area contributed by atoms with E-state index in [0.29, 0.717) is 6.17 Å². The van der Waals surface area contributed by atoms with Crippen LogP contribution in [0.4, 0.5) is 0 Å². The Morgan fingerprint density at radius 2 is 0.561 bits per heavy atom. The second-order valence-electron chi connectivity index (χ2n) is 13.6. The normalized spacial score (nSPS) is 15.0. The molecule has 1 atom stereocenters. The van der Waals surface area contributed by atoms with Gasteiger partial charge in [-0.15, -0.1) is 0 Å². The minimum atomic E-state index is 0.640. The molecule has 1 rings (SSSR count). The Hall–Kier alpha value is -0.660. The van der Waals surface area contributed by atoms with E-state index in [0.717, 1.165) is 0 Å². The van der Waals surface area contributed by atoms with Crippen molar-refractivity contribution in [3.8, 4) is 0 Å². The van der Waals surface area contributed by atoms with Gasteiger partial charge in [0.15, 0.2) is 0 Å². The molecule has 0 radical (unpaired) electrons. The third-order valence-electron chi connectivity index (χ3n) is 9.57. The van der Waals surface area contributed by atoms with Gasteiger partial charge in [0.1, 0.15) is 6.17 Å². The van der Waals surface area contributed by atoms with Crippen LogP contribution in [0, 0.1) is 0 Å². The molecule has 0 aromatic heterocycles. The lowest BCUT2D eigenvalue weighted by Crippen LogP contribution is -2.39. The van der Waals surface area contributed by atoms with E-state index in [1.807, 2.05) is 0 Å². The Labute approximate surface area is 260 Å². The van der Waals surface area contributed by atoms with Gasteiger partial charge in [0.05, 0.1) is 0 Å². The largest absolute Gasteiger partial charge is 0.356 e. The van der Waals surface area contributed by atoms with Crippen LogP contribution in [-0.4, -0.2) is 29.1 Å². The summed E-state index contributed by atoms with van der Waals surface area (Å²) in [7, 11) is 0. The zero-order chi connectivity index (χ0) is 29.5. The van der Waals surface area contributed by atoms with Gasteiger partial charge in [-0.1, -0.05) is 194 Å². The summed E-state index contributed by atoms with van der Waals surface area (Å²) in [6.45, 7) is 9.48. The molecule has 0 amide bonds. The molecule has 1 unspecified atom stereocenters. The van der Waals surface area contributed by atoms with E-state index in [2.05, 4.69) is 43.0 Å². The van der Waals surface area contributed by atoms with Gasteiger partial charge in [0, 0.05) is 25.5 Å². The summed E-state index contributed by atoms with van der Waals surface area (Å²) < 4.78 is 0. The average molecular weight is 575 g/mol. The first kappa shape index (κ1) is 38.4. The van der Waals surface area contributed by atoms with E-state index >= 15 is 0 Å². The van der Waals surface area contributed by atoms with Crippen LogP contribution in [0.2, 0.25) is 0 Å². The van der Waals surface area contributed by atoms with Crippen molar-refractivity contribution in [2.75, 3.05) is 13.1 Å². The first-order chi connectivity index (χ1) is 20.3. The summed E-state index contributed by atoms with van der Waals surface area (Å²) in [5.41, 5.74) is 0. The Morgan fingerprint density at radius 1 is 0.317 bits per heavy atom. The zero-order valence-corrected chi connectivity index (χ0v) is 29.0. The summed E-state index contributed by atoms with van der Waals surface area (Å²) in [5, 5.41) is 0. The minimum absolute atomic E-state index is 0.640. The zero-order valence-electron chi connectivity index (χ0n) is 29.0. The highest BCUT2D eigenvalue weighted by molar-refractivity contribution is 4.97. The van der Waals surface area contributed by atoms with Gasteiger partial charge in [0.25, 0.3) is 0 Å². The molecule has 0 aliphatic carbocycles. The molecule has 0 N–H and O–H groups in total. The molecule has 1 heterocycles. The predicted octanol–water partition coefficient (Wildman–Crippen LogP) is 13.6. The van der Waals surface area contributed by atoms with Crippen molar-refractivity contribution >= 4 is 0 Å². The molecule has 0 spiro atoms. The highest BCUT2D eigenvalue weighted by Gasteiger charge is 2.24. The first-order valence-electron chi connectivity index (χ1n) is 19.5. The Kier molecular flexibility index (Phi) is 28.8. The lowest BCUT2D eigenvalue weighted by molar-refractivity contribution is 0.135. The van der Waals surface area contributed by atoms with Crippen LogP contribution in [0.1, 0.15) is 220 Å². The summed E-state index contributed by atoms with van der Waals surface area (Å²) in [4.78, 5) is 5.41. The lowest BCUT2D eigenvalue weighted by Gasteiger charge is -2.33. The first-order valence-corrected chi connectivity index (χ1v) is 19.5. The summed E-state index contributed by atoms with van der Waals surface area (Å²) in [6.07, 6.45) is 49.9. The second kappa shape index (κ2) is 30.8. The summed E-state index contributed by atoms with van der Waals surface area (Å²) in [5.74, 6) is 0. The standard InChI is InChI=1S/C39H78N2/c1-4-7-10-13-15-17-19-21-22-24-26-28-31-34-39-40(35-32-29-12-9-6-3)37-38-41(39)36-33-30-27-25-23-20-18-16-14-11-8-5-2/h37-39H,4-36H2,1-3H3. The van der Waals surface area contributed by atoms with E-state index in [4.69, 9.17) is 0 Å². The number of unbranched alkanes of at least 4 members (excludes halogenated alkanes) is 27. The number of hydrogen-bond donors (Lipinski definition) is 0. The van der Waals surface area contributed by atoms with Gasteiger partial charge >= 0.3 is 0 Å². The topological polar surface area (TPSA) is 6.48 Å². The van der Waals surface area contributed by atoms with Gasteiger partial charge in [-0.3, -0.25) is 0 Å². The van der Waals surface area contributed by atoms with Crippen molar-refractivity contribution in [2.45, 2.75) is 226 Å². The van der Waals surface area contributed by atoms with Crippen LogP contribution in [0.15, 0.2) is 12.4 Å². The highest BCUT2D eigenvalue weighted by Crippen LogP contribution is 2.24. The number of rotatable bonds is 33. The van der Waals surface area contributed by atoms with Gasteiger partial charge in [0.2, 0.25) is 0 Å². The molecule has 1 aliphatic heterocycles. The quantitative estimate of drug-likeness (QED) is 0.0719. The monoisotopic (exact) mass is 575 g/mol. The van der Waals surface area contributed by atoms with Gasteiger partial charge in [-0.2, -0.15) is 0 Å². The molecular formula is C39H78N2. The van der Waals surface area contributed by atoms with Crippen LogP contribution < -0.4 is 0 Å². The maximum absolute atomic E-state index is 2.71. The molecule has 244 valence electrons. The smallest absolute Gasteiger partial charge is 0.101 e. The van der Waals surface area contributed by atoms with Crippen LogP contribution in [0.5, 0.6) is 0 Å². The fraction of sp³-hybridized carbons (Fsp3) is 0.949. The molecular weight excluding hydrogens is 496 g/mol. The third kappa shape index (κ3) is 23.5. The SMILES string of the molecule is CCCCCCCCCCCCCCCC1N(CCCCCCC)C=CN1CCCCCCCCCCCCCC. The molecule has 0 saturated carbocycles. The molecule has 1 aliphatic rings. The Morgan fingerprint density at radius 3 is 0.854 bits per heavy atom. The van der Waals surface area contributed by atoms with Gasteiger partial charge < -0.3 is 9.80 Å². The van der Waals surface area contributed by atoms with Gasteiger partial charge in [-0.25, -0.2) is 0 Å². The molecule has 2 nitrogen and oxygen atoms in total.